The summed E-state index contributed by atoms with van der Waals surface area (Å²) < 4.78 is 1.56. The van der Waals surface area contributed by atoms with E-state index >= 15 is 0 Å². The first-order chi connectivity index (χ1) is 7.09. The molecule has 7 heteroatoms. The van der Waals surface area contributed by atoms with Gasteiger partial charge in [0.2, 0.25) is 4.96 Å². The molecule has 1 N–H and O–H groups in total. The number of carboxylic acids is 1. The summed E-state index contributed by atoms with van der Waals surface area (Å²) in [6.07, 6.45) is 1.51. The Labute approximate surface area is 89.6 Å². The summed E-state index contributed by atoms with van der Waals surface area (Å²) in [5.41, 5.74) is 0. The molecule has 0 spiro atoms. The van der Waals surface area contributed by atoms with E-state index in [0.29, 0.717) is 4.96 Å². The van der Waals surface area contributed by atoms with Gasteiger partial charge < -0.3 is 5.11 Å². The Balaban J connectivity index is 2.31. The number of fused-ring (bicyclic) bond motifs is 1. The van der Waals surface area contributed by atoms with Gasteiger partial charge in [-0.2, -0.15) is 9.61 Å². The van der Waals surface area contributed by atoms with Crippen LogP contribution in [0, 0.1) is 5.92 Å². The first kappa shape index (κ1) is 10.0. The third-order valence-corrected chi connectivity index (χ3v) is 3.55. The molecule has 2 heterocycles. The molecule has 6 nitrogen and oxygen atoms in total. The fourth-order valence-electron chi connectivity index (χ4n) is 1.19. The van der Waals surface area contributed by atoms with Crippen molar-refractivity contribution < 1.29 is 9.90 Å². The Morgan fingerprint density at radius 3 is 2.93 bits per heavy atom. The van der Waals surface area contributed by atoms with Gasteiger partial charge in [0, 0.05) is 5.92 Å². The molecular formula is C8H10N4O2S. The molecule has 2 aromatic heterocycles. The van der Waals surface area contributed by atoms with E-state index < -0.39 is 11.9 Å². The van der Waals surface area contributed by atoms with Crippen molar-refractivity contribution in [3.63, 3.8) is 0 Å². The normalized spacial score (nSPS) is 15.3. The van der Waals surface area contributed by atoms with Crippen LogP contribution in [0.2, 0.25) is 0 Å². The number of aromatic nitrogens is 4. The van der Waals surface area contributed by atoms with Gasteiger partial charge in [0.15, 0.2) is 0 Å². The van der Waals surface area contributed by atoms with Gasteiger partial charge in [0.05, 0.1) is 5.92 Å². The maximum Gasteiger partial charge on any atom is 0.306 e. The van der Waals surface area contributed by atoms with Gasteiger partial charge in [-0.25, -0.2) is 0 Å². The van der Waals surface area contributed by atoms with E-state index in [1.165, 1.54) is 17.7 Å². The Morgan fingerprint density at radius 2 is 2.33 bits per heavy atom. The molecule has 2 rings (SSSR count). The number of hydrogen-bond donors (Lipinski definition) is 1. The number of nitrogens with zero attached hydrogens (tertiary/aromatic N) is 4. The zero-order valence-corrected chi connectivity index (χ0v) is 9.10. The highest BCUT2D eigenvalue weighted by atomic mass is 32.1. The molecule has 0 aliphatic rings. The van der Waals surface area contributed by atoms with Gasteiger partial charge in [-0.3, -0.25) is 4.79 Å². The second kappa shape index (κ2) is 3.58. The molecule has 0 saturated carbocycles. The molecule has 15 heavy (non-hydrogen) atoms. The van der Waals surface area contributed by atoms with Crippen LogP contribution in [0.5, 0.6) is 0 Å². The van der Waals surface area contributed by atoms with Gasteiger partial charge in [0.25, 0.3) is 0 Å². The van der Waals surface area contributed by atoms with Crippen molar-refractivity contribution in [2.75, 3.05) is 0 Å². The molecule has 0 amide bonds. The molecule has 2 aromatic rings. The zero-order chi connectivity index (χ0) is 11.0. The molecule has 80 valence electrons. The summed E-state index contributed by atoms with van der Waals surface area (Å²) in [5, 5.41) is 21.4. The first-order valence-corrected chi connectivity index (χ1v) is 5.31. The third kappa shape index (κ3) is 1.70. The minimum atomic E-state index is -0.812. The number of carboxylic acid groups (broad SMARTS) is 1. The molecular weight excluding hydrogens is 216 g/mol. The van der Waals surface area contributed by atoms with E-state index in [2.05, 4.69) is 15.3 Å². The second-order valence-corrected chi connectivity index (χ2v) is 4.40. The maximum absolute atomic E-state index is 10.8. The lowest BCUT2D eigenvalue weighted by molar-refractivity contribution is -0.141. The molecule has 0 bridgehead atoms. The molecule has 0 saturated heterocycles. The van der Waals surface area contributed by atoms with Crippen molar-refractivity contribution >= 4 is 22.3 Å². The lowest BCUT2D eigenvalue weighted by Crippen LogP contribution is -2.16. The summed E-state index contributed by atoms with van der Waals surface area (Å²) in [6.45, 7) is 3.53. The first-order valence-electron chi connectivity index (χ1n) is 4.49. The van der Waals surface area contributed by atoms with Crippen LogP contribution in [-0.2, 0) is 4.79 Å². The summed E-state index contributed by atoms with van der Waals surface area (Å²) in [5.74, 6) is -1.38. The number of rotatable bonds is 3. The maximum atomic E-state index is 10.8. The topological polar surface area (TPSA) is 80.4 Å². The Kier molecular flexibility index (Phi) is 2.39. The van der Waals surface area contributed by atoms with Crippen molar-refractivity contribution in [2.24, 2.45) is 5.92 Å². The molecule has 0 aromatic carbocycles. The van der Waals surface area contributed by atoms with Gasteiger partial charge in [-0.15, -0.1) is 10.2 Å². The predicted molar refractivity (Wildman–Crippen MR) is 53.9 cm³/mol. The highest BCUT2D eigenvalue weighted by Gasteiger charge is 2.24. The van der Waals surface area contributed by atoms with Gasteiger partial charge in [-0.05, 0) is 0 Å². The van der Waals surface area contributed by atoms with E-state index in [4.69, 9.17) is 5.11 Å². The Hall–Kier alpha value is -1.50. The monoisotopic (exact) mass is 226 g/mol. The number of carbonyl (C=O) groups is 1. The lowest BCUT2D eigenvalue weighted by atomic mass is 9.97. The summed E-state index contributed by atoms with van der Waals surface area (Å²) in [6, 6.07) is 0. The van der Waals surface area contributed by atoms with Crippen molar-refractivity contribution in [3.05, 3.63) is 11.3 Å². The highest BCUT2D eigenvalue weighted by molar-refractivity contribution is 7.16. The van der Waals surface area contributed by atoms with Crippen LogP contribution in [0.4, 0.5) is 0 Å². The van der Waals surface area contributed by atoms with E-state index in [1.54, 1.807) is 11.4 Å². The number of hydrogen-bond acceptors (Lipinski definition) is 5. The third-order valence-electron chi connectivity index (χ3n) is 2.43. The summed E-state index contributed by atoms with van der Waals surface area (Å²) in [7, 11) is 0. The van der Waals surface area contributed by atoms with Crippen LogP contribution < -0.4 is 0 Å². The quantitative estimate of drug-likeness (QED) is 0.844. The van der Waals surface area contributed by atoms with Crippen molar-refractivity contribution in [2.45, 2.75) is 19.8 Å². The molecule has 2 unspecified atom stereocenters. The number of aliphatic carboxylic acids is 1. The predicted octanol–water partition coefficient (Wildman–Crippen LogP) is 1.01. The Bertz CT molecular complexity index is 463. The second-order valence-electron chi connectivity index (χ2n) is 3.41. The van der Waals surface area contributed by atoms with E-state index in [1.807, 2.05) is 6.92 Å². The van der Waals surface area contributed by atoms with Crippen LogP contribution in [-0.4, -0.2) is 30.9 Å². The van der Waals surface area contributed by atoms with Crippen LogP contribution in [0.3, 0.4) is 0 Å². The van der Waals surface area contributed by atoms with E-state index in [-0.39, 0.29) is 5.92 Å². The van der Waals surface area contributed by atoms with E-state index in [0.717, 1.165) is 5.01 Å². The van der Waals surface area contributed by atoms with Gasteiger partial charge >= 0.3 is 5.97 Å². The molecule has 2 atom stereocenters. The fraction of sp³-hybridized carbons (Fsp3) is 0.500. The van der Waals surface area contributed by atoms with Crippen molar-refractivity contribution in [1.82, 2.24) is 19.8 Å². The average molecular weight is 226 g/mol. The smallest absolute Gasteiger partial charge is 0.306 e. The van der Waals surface area contributed by atoms with E-state index in [9.17, 15) is 4.79 Å². The highest BCUT2D eigenvalue weighted by Crippen LogP contribution is 2.27. The standard InChI is InChI=1S/C8H10N4O2S/c1-4(5(2)7(13)14)6-11-12-3-9-10-8(12)15-6/h3-5H,1-2H3,(H,13,14). The van der Waals surface area contributed by atoms with Crippen molar-refractivity contribution in [3.8, 4) is 0 Å². The summed E-state index contributed by atoms with van der Waals surface area (Å²) in [4.78, 5) is 11.5. The van der Waals surface area contributed by atoms with Gasteiger partial charge in [0.1, 0.15) is 11.3 Å². The van der Waals surface area contributed by atoms with Crippen LogP contribution in [0.25, 0.3) is 4.96 Å². The molecule has 0 aliphatic heterocycles. The van der Waals surface area contributed by atoms with Crippen LogP contribution in [0.1, 0.15) is 24.8 Å². The van der Waals surface area contributed by atoms with Crippen molar-refractivity contribution in [1.29, 1.82) is 0 Å². The SMILES string of the molecule is CC(C(=O)O)C(C)c1nn2cnnc2s1. The minimum Gasteiger partial charge on any atom is -0.481 e. The average Bonchev–Trinajstić information content (AvgIpc) is 2.74. The molecule has 0 radical (unpaired) electrons. The fourth-order valence-corrected chi connectivity index (χ4v) is 2.16. The lowest BCUT2D eigenvalue weighted by Gasteiger charge is -2.11. The Morgan fingerprint density at radius 1 is 1.60 bits per heavy atom. The molecule has 0 aliphatic carbocycles. The van der Waals surface area contributed by atoms with Gasteiger partial charge in [-0.1, -0.05) is 25.2 Å². The molecule has 0 fully saturated rings. The minimum absolute atomic E-state index is 0.116. The largest absolute Gasteiger partial charge is 0.481 e. The van der Waals surface area contributed by atoms with Crippen LogP contribution in [0.15, 0.2) is 6.33 Å². The van der Waals surface area contributed by atoms with Crippen LogP contribution >= 0.6 is 11.3 Å². The summed E-state index contributed by atoms with van der Waals surface area (Å²) >= 11 is 1.37. The zero-order valence-electron chi connectivity index (χ0n) is 8.28.